The van der Waals surface area contributed by atoms with Crippen LogP contribution in [0.25, 0.3) is 22.3 Å². The Kier molecular flexibility index (Phi) is 13.1. The standard InChI is InChI=1S/C59H58N4O2/c1-43-35-49-41-62(3)33-34-63(4)42-50-36-44(2)38-56(61-54-32-20-18-30-52(54)48-27-15-8-16-28-48)58(50)65-59(39-45-21-9-5-10-22-45,40-46-23-11-6-12-24-46)64-57(49)55(37-43)60-53-31-19-17-29-51(53)47-25-13-7-14-26-47/h5-32,35-38,60-61H,33-34,39-42H2,1-4H3. The first-order valence-electron chi connectivity index (χ1n) is 22.7. The van der Waals surface area contributed by atoms with Crippen LogP contribution in [0.1, 0.15) is 33.4 Å². The van der Waals surface area contributed by atoms with Gasteiger partial charge < -0.3 is 29.9 Å². The first kappa shape index (κ1) is 43.1. The molecule has 0 aliphatic carbocycles. The lowest BCUT2D eigenvalue weighted by Crippen LogP contribution is -2.47. The fourth-order valence-electron chi connectivity index (χ4n) is 9.07. The third-order valence-corrected chi connectivity index (χ3v) is 12.1. The largest absolute Gasteiger partial charge is 0.449 e. The summed E-state index contributed by atoms with van der Waals surface area (Å²) in [5.41, 5.74) is 14.9. The summed E-state index contributed by atoms with van der Waals surface area (Å²) < 4.78 is 15.8. The number of ether oxygens (including phenoxy) is 2. The lowest BCUT2D eigenvalue weighted by molar-refractivity contribution is -0.112. The van der Waals surface area contributed by atoms with E-state index in [0.717, 1.165) is 103 Å². The van der Waals surface area contributed by atoms with Gasteiger partial charge in [-0.1, -0.05) is 170 Å². The molecule has 0 unspecified atom stereocenters. The number of fused-ring (bicyclic) bond motifs is 2. The van der Waals surface area contributed by atoms with Gasteiger partial charge >= 0.3 is 0 Å². The maximum Gasteiger partial charge on any atom is 0.259 e. The molecule has 0 bridgehead atoms. The Labute approximate surface area is 385 Å². The van der Waals surface area contributed by atoms with Gasteiger partial charge in [-0.25, -0.2) is 0 Å². The average Bonchev–Trinajstić information content (AvgIpc) is 3.32. The fraction of sp³-hybridized carbons (Fsp3) is 0.186. The monoisotopic (exact) mass is 854 g/mol. The van der Waals surface area contributed by atoms with Gasteiger partial charge in [-0.15, -0.1) is 0 Å². The van der Waals surface area contributed by atoms with E-state index in [9.17, 15) is 0 Å². The fourth-order valence-corrected chi connectivity index (χ4v) is 9.07. The molecule has 2 N–H and O–H groups in total. The van der Waals surface area contributed by atoms with Crippen molar-refractivity contribution in [1.82, 2.24) is 9.80 Å². The molecule has 65 heavy (non-hydrogen) atoms. The maximum absolute atomic E-state index is 7.92. The Bertz CT molecular complexity index is 2640. The van der Waals surface area contributed by atoms with E-state index in [0.29, 0.717) is 25.9 Å². The second kappa shape index (κ2) is 19.7. The molecule has 8 aromatic rings. The molecule has 1 aliphatic heterocycles. The van der Waals surface area contributed by atoms with Gasteiger partial charge in [0.2, 0.25) is 0 Å². The smallest absolute Gasteiger partial charge is 0.259 e. The Morgan fingerprint density at radius 1 is 0.431 bits per heavy atom. The number of aryl methyl sites for hydroxylation is 2. The molecule has 0 saturated heterocycles. The Balaban J connectivity index is 1.27. The molecule has 0 saturated carbocycles. The highest BCUT2D eigenvalue weighted by Gasteiger charge is 2.40. The number of likely N-dealkylation sites (N-methyl/N-ethyl adjacent to an activating group) is 2. The van der Waals surface area contributed by atoms with Crippen molar-refractivity contribution in [3.05, 3.63) is 228 Å². The molecule has 6 heteroatoms. The van der Waals surface area contributed by atoms with Crippen molar-refractivity contribution in [1.29, 1.82) is 0 Å². The van der Waals surface area contributed by atoms with Gasteiger partial charge in [0.1, 0.15) is 0 Å². The summed E-state index contributed by atoms with van der Waals surface area (Å²) in [5.74, 6) is 0.289. The summed E-state index contributed by atoms with van der Waals surface area (Å²) in [6.07, 6.45) is 0.935. The molecule has 0 amide bonds. The summed E-state index contributed by atoms with van der Waals surface area (Å²) in [4.78, 5) is 4.80. The van der Waals surface area contributed by atoms with E-state index in [-0.39, 0.29) is 0 Å². The molecule has 0 spiro atoms. The first-order valence-corrected chi connectivity index (χ1v) is 22.7. The lowest BCUT2D eigenvalue weighted by atomic mass is 9.96. The predicted octanol–water partition coefficient (Wildman–Crippen LogP) is 13.6. The van der Waals surface area contributed by atoms with Crippen LogP contribution in [0.2, 0.25) is 0 Å². The third-order valence-electron chi connectivity index (χ3n) is 12.1. The minimum absolute atomic E-state index is 0.467. The van der Waals surface area contributed by atoms with Gasteiger partial charge in [-0.05, 0) is 85.6 Å². The normalized spacial score (nSPS) is 14.3. The highest BCUT2D eigenvalue weighted by Crippen LogP contribution is 2.44. The van der Waals surface area contributed by atoms with Crippen molar-refractivity contribution in [2.24, 2.45) is 0 Å². The van der Waals surface area contributed by atoms with Gasteiger partial charge in [0.05, 0.1) is 24.2 Å². The summed E-state index contributed by atoms with van der Waals surface area (Å²) in [7, 11) is 4.42. The van der Waals surface area contributed by atoms with E-state index >= 15 is 0 Å². The number of para-hydroxylation sites is 2. The summed E-state index contributed by atoms with van der Waals surface area (Å²) >= 11 is 0. The Morgan fingerprint density at radius 2 is 0.785 bits per heavy atom. The third kappa shape index (κ3) is 10.5. The summed E-state index contributed by atoms with van der Waals surface area (Å²) in [5, 5.41) is 7.85. The molecule has 0 atom stereocenters. The molecule has 8 aromatic carbocycles. The molecule has 1 heterocycles. The molecule has 6 nitrogen and oxygen atoms in total. The number of anilines is 4. The molecular weight excluding hydrogens is 797 g/mol. The van der Waals surface area contributed by atoms with Crippen LogP contribution in [-0.4, -0.2) is 42.8 Å². The summed E-state index contributed by atoms with van der Waals surface area (Å²) in [6.45, 7) is 7.43. The minimum Gasteiger partial charge on any atom is -0.449 e. The maximum atomic E-state index is 7.92. The predicted molar refractivity (Wildman–Crippen MR) is 270 cm³/mol. The van der Waals surface area contributed by atoms with Crippen LogP contribution in [0.4, 0.5) is 22.7 Å². The van der Waals surface area contributed by atoms with Crippen molar-refractivity contribution in [3.8, 4) is 33.8 Å². The van der Waals surface area contributed by atoms with Crippen molar-refractivity contribution in [2.45, 2.75) is 45.6 Å². The van der Waals surface area contributed by atoms with Crippen LogP contribution < -0.4 is 20.1 Å². The minimum atomic E-state index is -1.24. The molecule has 9 rings (SSSR count). The van der Waals surface area contributed by atoms with Crippen molar-refractivity contribution < 1.29 is 9.47 Å². The average molecular weight is 855 g/mol. The van der Waals surface area contributed by atoms with Gasteiger partial charge in [-0.3, -0.25) is 0 Å². The Morgan fingerprint density at radius 3 is 1.18 bits per heavy atom. The highest BCUT2D eigenvalue weighted by atomic mass is 16.7. The zero-order valence-corrected chi connectivity index (χ0v) is 37.9. The van der Waals surface area contributed by atoms with Gasteiger partial charge in [0, 0.05) is 59.8 Å². The molecule has 0 fully saturated rings. The van der Waals surface area contributed by atoms with Crippen LogP contribution in [0.5, 0.6) is 11.5 Å². The van der Waals surface area contributed by atoms with E-state index in [1.807, 2.05) is 0 Å². The van der Waals surface area contributed by atoms with Crippen LogP contribution in [0.3, 0.4) is 0 Å². The number of nitrogens with zero attached hydrogens (tertiary/aromatic N) is 2. The van der Waals surface area contributed by atoms with E-state index < -0.39 is 5.79 Å². The lowest BCUT2D eigenvalue weighted by Gasteiger charge is -2.38. The number of rotatable bonds is 10. The second-order valence-corrected chi connectivity index (χ2v) is 17.6. The molecular formula is C59H58N4O2. The topological polar surface area (TPSA) is 49.0 Å². The Hall–Kier alpha value is -7.12. The highest BCUT2D eigenvalue weighted by molar-refractivity contribution is 5.84. The van der Waals surface area contributed by atoms with E-state index in [1.54, 1.807) is 0 Å². The summed E-state index contributed by atoms with van der Waals surface area (Å²) in [6, 6.07) is 68.4. The SMILES string of the molecule is Cc1cc2c(c(Nc3ccccc3-c3ccccc3)c1)OC(Cc1ccccc1)(Cc1ccccc1)Oc1c(cc(C)cc1Nc1ccccc1-c1ccccc1)CN(C)CCN(C)C2. The van der Waals surface area contributed by atoms with Crippen molar-refractivity contribution >= 4 is 22.7 Å². The van der Waals surface area contributed by atoms with E-state index in [4.69, 9.17) is 9.47 Å². The van der Waals surface area contributed by atoms with Crippen molar-refractivity contribution in [2.75, 3.05) is 37.8 Å². The zero-order valence-electron chi connectivity index (χ0n) is 37.9. The van der Waals surface area contributed by atoms with Crippen LogP contribution >= 0.6 is 0 Å². The van der Waals surface area contributed by atoms with Crippen LogP contribution in [0, 0.1) is 13.8 Å². The number of hydrogen-bond acceptors (Lipinski definition) is 6. The second-order valence-electron chi connectivity index (χ2n) is 17.6. The van der Waals surface area contributed by atoms with E-state index in [2.05, 4.69) is 242 Å². The molecule has 0 aromatic heterocycles. The van der Waals surface area contributed by atoms with Crippen molar-refractivity contribution in [3.63, 3.8) is 0 Å². The quantitative estimate of drug-likeness (QED) is 0.143. The van der Waals surface area contributed by atoms with Gasteiger partial charge in [-0.2, -0.15) is 0 Å². The van der Waals surface area contributed by atoms with Crippen LogP contribution in [-0.2, 0) is 25.9 Å². The number of nitrogens with one attached hydrogen (secondary N) is 2. The first-order chi connectivity index (χ1) is 31.8. The van der Waals surface area contributed by atoms with Gasteiger partial charge in [0.25, 0.3) is 5.79 Å². The molecule has 0 radical (unpaired) electrons. The zero-order chi connectivity index (χ0) is 44.6. The van der Waals surface area contributed by atoms with Crippen LogP contribution in [0.15, 0.2) is 194 Å². The number of hydrogen-bond donors (Lipinski definition) is 2. The van der Waals surface area contributed by atoms with Gasteiger partial charge in [0.15, 0.2) is 11.5 Å². The van der Waals surface area contributed by atoms with E-state index in [1.165, 1.54) is 0 Å². The molecule has 1 aliphatic rings. The number of benzene rings is 8. The molecule has 326 valence electrons.